The molecule has 1 amide bonds. The van der Waals surface area contributed by atoms with Crippen molar-refractivity contribution in [3.05, 3.63) is 48.3 Å². The third kappa shape index (κ3) is 3.56. The zero-order valence-corrected chi connectivity index (χ0v) is 13.1. The van der Waals surface area contributed by atoms with Crippen molar-refractivity contribution in [2.24, 2.45) is 4.99 Å². The van der Waals surface area contributed by atoms with Crippen LogP contribution in [0.3, 0.4) is 0 Å². The van der Waals surface area contributed by atoms with Crippen LogP contribution in [0.4, 0.5) is 0 Å². The average molecular weight is 316 g/mol. The highest BCUT2D eigenvalue weighted by Crippen LogP contribution is 2.10. The summed E-state index contributed by atoms with van der Waals surface area (Å²) in [5, 5.41) is 3.31. The SMILES string of the molecule is CN=C(NCc1ccoc1)N1CCN(C(=O)c2ccco2)CC1. The summed E-state index contributed by atoms with van der Waals surface area (Å²) in [5.74, 6) is 1.16. The van der Waals surface area contributed by atoms with Crippen molar-refractivity contribution in [3.63, 3.8) is 0 Å². The Balaban J connectivity index is 1.52. The monoisotopic (exact) mass is 316 g/mol. The van der Waals surface area contributed by atoms with Crippen molar-refractivity contribution in [2.75, 3.05) is 33.2 Å². The smallest absolute Gasteiger partial charge is 0.289 e. The molecule has 122 valence electrons. The van der Waals surface area contributed by atoms with Gasteiger partial charge in [-0.05, 0) is 18.2 Å². The van der Waals surface area contributed by atoms with Crippen LogP contribution in [0.25, 0.3) is 0 Å². The number of carbonyl (C=O) groups is 1. The Morgan fingerprint density at radius 1 is 1.22 bits per heavy atom. The van der Waals surface area contributed by atoms with Gasteiger partial charge in [-0.25, -0.2) is 0 Å². The molecule has 0 bridgehead atoms. The Bertz CT molecular complexity index is 641. The van der Waals surface area contributed by atoms with Crippen LogP contribution in [0.5, 0.6) is 0 Å². The second kappa shape index (κ2) is 7.04. The fourth-order valence-corrected chi connectivity index (χ4v) is 2.58. The first-order valence-corrected chi connectivity index (χ1v) is 7.57. The van der Waals surface area contributed by atoms with Crippen LogP contribution in [0.15, 0.2) is 50.8 Å². The van der Waals surface area contributed by atoms with Crippen LogP contribution < -0.4 is 5.32 Å². The minimum absolute atomic E-state index is 0.0593. The molecule has 1 aliphatic heterocycles. The van der Waals surface area contributed by atoms with E-state index in [1.54, 1.807) is 36.6 Å². The van der Waals surface area contributed by atoms with E-state index < -0.39 is 0 Å². The van der Waals surface area contributed by atoms with Crippen molar-refractivity contribution < 1.29 is 13.6 Å². The quantitative estimate of drug-likeness (QED) is 0.684. The van der Waals surface area contributed by atoms with Gasteiger partial charge in [0, 0.05) is 45.3 Å². The van der Waals surface area contributed by atoms with Gasteiger partial charge in [-0.2, -0.15) is 0 Å². The van der Waals surface area contributed by atoms with Crippen molar-refractivity contribution in [1.29, 1.82) is 0 Å². The highest BCUT2D eigenvalue weighted by atomic mass is 16.3. The number of hydrogen-bond acceptors (Lipinski definition) is 4. The van der Waals surface area contributed by atoms with E-state index >= 15 is 0 Å². The summed E-state index contributed by atoms with van der Waals surface area (Å²) in [6, 6.07) is 5.34. The van der Waals surface area contributed by atoms with E-state index in [9.17, 15) is 4.79 Å². The van der Waals surface area contributed by atoms with Crippen LogP contribution in [0, 0.1) is 0 Å². The molecule has 7 nitrogen and oxygen atoms in total. The molecule has 2 aromatic rings. The van der Waals surface area contributed by atoms with E-state index in [-0.39, 0.29) is 5.91 Å². The summed E-state index contributed by atoms with van der Waals surface area (Å²) in [6.45, 7) is 3.42. The fraction of sp³-hybridized carbons (Fsp3) is 0.375. The van der Waals surface area contributed by atoms with Crippen molar-refractivity contribution in [1.82, 2.24) is 15.1 Å². The van der Waals surface area contributed by atoms with Gasteiger partial charge >= 0.3 is 0 Å². The van der Waals surface area contributed by atoms with Gasteiger partial charge in [-0.15, -0.1) is 0 Å². The van der Waals surface area contributed by atoms with E-state index in [0.29, 0.717) is 25.4 Å². The second-order valence-electron chi connectivity index (χ2n) is 5.29. The Morgan fingerprint density at radius 3 is 2.61 bits per heavy atom. The van der Waals surface area contributed by atoms with Crippen LogP contribution in [0.1, 0.15) is 16.1 Å². The van der Waals surface area contributed by atoms with Gasteiger partial charge in [0.1, 0.15) is 0 Å². The molecule has 0 radical (unpaired) electrons. The van der Waals surface area contributed by atoms with Crippen LogP contribution in [-0.2, 0) is 6.54 Å². The molecule has 0 aliphatic carbocycles. The Morgan fingerprint density at radius 2 is 2.00 bits per heavy atom. The van der Waals surface area contributed by atoms with E-state index in [4.69, 9.17) is 8.83 Å². The zero-order valence-electron chi connectivity index (χ0n) is 13.1. The predicted molar refractivity (Wildman–Crippen MR) is 85.1 cm³/mol. The van der Waals surface area contributed by atoms with Crippen molar-refractivity contribution >= 4 is 11.9 Å². The number of carbonyl (C=O) groups excluding carboxylic acids is 1. The number of hydrogen-bond donors (Lipinski definition) is 1. The van der Waals surface area contributed by atoms with Gasteiger partial charge in [0.2, 0.25) is 0 Å². The largest absolute Gasteiger partial charge is 0.472 e. The first-order chi connectivity index (χ1) is 11.3. The number of nitrogens with one attached hydrogen (secondary N) is 1. The van der Waals surface area contributed by atoms with Crippen LogP contribution >= 0.6 is 0 Å². The molecule has 3 heterocycles. The molecule has 3 rings (SSSR count). The number of aliphatic imine (C=N–C) groups is 1. The number of rotatable bonds is 3. The molecule has 1 N–H and O–H groups in total. The van der Waals surface area contributed by atoms with E-state index in [1.165, 1.54) is 6.26 Å². The topological polar surface area (TPSA) is 74.2 Å². The number of furan rings is 2. The standard InChI is InChI=1S/C16H20N4O3/c1-17-16(18-11-13-4-10-22-12-13)20-7-5-19(6-8-20)15(21)14-3-2-9-23-14/h2-4,9-10,12H,5-8,11H2,1H3,(H,17,18). The first kappa shape index (κ1) is 15.2. The van der Waals surface area contributed by atoms with Crippen LogP contribution in [0.2, 0.25) is 0 Å². The first-order valence-electron chi connectivity index (χ1n) is 7.57. The lowest BCUT2D eigenvalue weighted by Crippen LogP contribution is -2.53. The third-order valence-corrected chi connectivity index (χ3v) is 3.84. The van der Waals surface area contributed by atoms with Gasteiger partial charge < -0.3 is 24.0 Å². The molecule has 1 aliphatic rings. The predicted octanol–water partition coefficient (Wildman–Crippen LogP) is 1.41. The summed E-state index contributed by atoms with van der Waals surface area (Å²) >= 11 is 0. The van der Waals surface area contributed by atoms with E-state index in [1.807, 2.05) is 6.07 Å². The summed E-state index contributed by atoms with van der Waals surface area (Å²) in [7, 11) is 1.76. The molecule has 1 fully saturated rings. The Kier molecular flexibility index (Phi) is 4.65. The molecular formula is C16H20N4O3. The van der Waals surface area contributed by atoms with Crippen molar-refractivity contribution in [2.45, 2.75) is 6.54 Å². The molecule has 23 heavy (non-hydrogen) atoms. The highest BCUT2D eigenvalue weighted by molar-refractivity contribution is 5.91. The van der Waals surface area contributed by atoms with Gasteiger partial charge in [0.15, 0.2) is 11.7 Å². The molecule has 0 spiro atoms. The number of piperazine rings is 1. The summed E-state index contributed by atoms with van der Waals surface area (Å²) in [6.07, 6.45) is 4.88. The molecular weight excluding hydrogens is 296 g/mol. The molecule has 0 aromatic carbocycles. The maximum absolute atomic E-state index is 12.2. The van der Waals surface area contributed by atoms with Crippen LogP contribution in [-0.4, -0.2) is 54.9 Å². The zero-order chi connectivity index (χ0) is 16.1. The Labute approximate surface area is 134 Å². The lowest BCUT2D eigenvalue weighted by Gasteiger charge is -2.36. The number of nitrogens with zero attached hydrogens (tertiary/aromatic N) is 3. The maximum atomic E-state index is 12.2. The van der Waals surface area contributed by atoms with E-state index in [0.717, 1.165) is 24.6 Å². The lowest BCUT2D eigenvalue weighted by atomic mass is 10.3. The normalized spacial score (nSPS) is 15.8. The molecule has 1 saturated heterocycles. The summed E-state index contributed by atoms with van der Waals surface area (Å²) < 4.78 is 10.2. The minimum Gasteiger partial charge on any atom is -0.472 e. The van der Waals surface area contributed by atoms with Crippen molar-refractivity contribution in [3.8, 4) is 0 Å². The minimum atomic E-state index is -0.0593. The van der Waals surface area contributed by atoms with Gasteiger partial charge in [0.05, 0.1) is 18.8 Å². The molecule has 0 unspecified atom stereocenters. The van der Waals surface area contributed by atoms with E-state index in [2.05, 4.69) is 15.2 Å². The number of guanidine groups is 1. The number of amides is 1. The molecule has 0 atom stereocenters. The average Bonchev–Trinajstić information content (AvgIpc) is 3.29. The second-order valence-corrected chi connectivity index (χ2v) is 5.29. The van der Waals surface area contributed by atoms with Gasteiger partial charge in [-0.3, -0.25) is 9.79 Å². The Hall–Kier alpha value is -2.70. The summed E-state index contributed by atoms with van der Waals surface area (Å²) in [4.78, 5) is 20.5. The van der Waals surface area contributed by atoms with Gasteiger partial charge in [-0.1, -0.05) is 0 Å². The van der Waals surface area contributed by atoms with Gasteiger partial charge in [0.25, 0.3) is 5.91 Å². The summed E-state index contributed by atoms with van der Waals surface area (Å²) in [5.41, 5.74) is 1.07. The fourth-order valence-electron chi connectivity index (χ4n) is 2.58. The molecule has 7 heteroatoms. The third-order valence-electron chi connectivity index (χ3n) is 3.84. The lowest BCUT2D eigenvalue weighted by molar-refractivity contribution is 0.0657. The maximum Gasteiger partial charge on any atom is 0.289 e. The highest BCUT2D eigenvalue weighted by Gasteiger charge is 2.25. The molecule has 2 aromatic heterocycles. The molecule has 0 saturated carbocycles.